The van der Waals surface area contributed by atoms with Gasteiger partial charge in [0.25, 0.3) is 0 Å². The summed E-state index contributed by atoms with van der Waals surface area (Å²) >= 11 is 0. The maximum absolute atomic E-state index is 4.75. The van der Waals surface area contributed by atoms with Gasteiger partial charge >= 0.3 is 0 Å². The zero-order valence-electron chi connectivity index (χ0n) is 8.58. The minimum atomic E-state index is 1.01. The number of nitrogens with one attached hydrogen (secondary N) is 1. The van der Waals surface area contributed by atoms with Crippen LogP contribution in [0, 0.1) is 6.92 Å². The Morgan fingerprint density at radius 3 is 2.50 bits per heavy atom. The monoisotopic (exact) mass is 189 g/mol. The molecule has 0 aliphatic heterocycles. The van der Waals surface area contributed by atoms with Crippen LogP contribution in [0.4, 0.5) is 0 Å². The van der Waals surface area contributed by atoms with Gasteiger partial charge in [-0.05, 0) is 18.1 Å². The number of hydrogen-bond acceptors (Lipinski definition) is 2. The average Bonchev–Trinajstić information content (AvgIpc) is 2.21. The molecule has 1 rings (SSSR count). The topological polar surface area (TPSA) is 21.3 Å². The molecule has 0 atom stereocenters. The van der Waals surface area contributed by atoms with Crippen molar-refractivity contribution in [1.82, 2.24) is 5.48 Å². The first-order valence-corrected chi connectivity index (χ1v) is 4.46. The van der Waals surface area contributed by atoms with Crippen molar-refractivity contribution in [3.8, 4) is 0 Å². The molecule has 0 saturated heterocycles. The molecule has 0 aliphatic rings. The smallest absolute Gasteiger partial charge is 0.0636 e. The normalized spacial score (nSPS) is 11.1. The van der Waals surface area contributed by atoms with Gasteiger partial charge < -0.3 is 0 Å². The number of hydroxylamine groups is 1. The van der Waals surface area contributed by atoms with Gasteiger partial charge in [0.2, 0.25) is 0 Å². The van der Waals surface area contributed by atoms with E-state index in [-0.39, 0.29) is 0 Å². The van der Waals surface area contributed by atoms with Gasteiger partial charge in [0.15, 0.2) is 0 Å². The SMILES string of the molecule is C=C/C(=C\NOC)c1ccc(C)cc1. The molecule has 2 heteroatoms. The van der Waals surface area contributed by atoms with E-state index in [0.717, 1.165) is 11.1 Å². The second kappa shape index (κ2) is 5.25. The van der Waals surface area contributed by atoms with E-state index in [2.05, 4.69) is 43.2 Å². The molecule has 0 aliphatic carbocycles. The summed E-state index contributed by atoms with van der Waals surface area (Å²) in [4.78, 5) is 4.75. The van der Waals surface area contributed by atoms with Gasteiger partial charge in [-0.3, -0.25) is 10.3 Å². The Balaban J connectivity index is 2.89. The standard InChI is InChI=1S/C12H15NO/c1-4-11(9-13-14-3)12-7-5-10(2)6-8-12/h4-9,13H,1H2,2-3H3/b11-9+. The second-order valence-corrected chi connectivity index (χ2v) is 2.99. The number of rotatable bonds is 4. The lowest BCUT2D eigenvalue weighted by Gasteiger charge is -2.03. The lowest BCUT2D eigenvalue weighted by atomic mass is 10.1. The molecular formula is C12H15NO. The molecule has 0 bridgehead atoms. The van der Waals surface area contributed by atoms with Crippen LogP contribution in [-0.4, -0.2) is 7.11 Å². The Kier molecular flexibility index (Phi) is 3.95. The zero-order chi connectivity index (χ0) is 10.4. The van der Waals surface area contributed by atoms with Crippen LogP contribution in [0.5, 0.6) is 0 Å². The zero-order valence-corrected chi connectivity index (χ0v) is 8.58. The molecule has 0 fully saturated rings. The number of benzene rings is 1. The van der Waals surface area contributed by atoms with E-state index in [1.54, 1.807) is 19.4 Å². The van der Waals surface area contributed by atoms with Crippen LogP contribution >= 0.6 is 0 Å². The highest BCUT2D eigenvalue weighted by molar-refractivity contribution is 5.73. The van der Waals surface area contributed by atoms with Crippen molar-refractivity contribution in [2.45, 2.75) is 6.92 Å². The summed E-state index contributed by atoms with van der Waals surface area (Å²) in [6.07, 6.45) is 3.56. The van der Waals surface area contributed by atoms with Gasteiger partial charge in [0.1, 0.15) is 0 Å². The Bertz CT molecular complexity index is 325. The molecule has 74 valence electrons. The van der Waals surface area contributed by atoms with E-state index in [0.29, 0.717) is 0 Å². The van der Waals surface area contributed by atoms with Gasteiger partial charge in [0, 0.05) is 6.20 Å². The number of aryl methyl sites for hydroxylation is 1. The van der Waals surface area contributed by atoms with E-state index in [1.165, 1.54) is 5.56 Å². The Morgan fingerprint density at radius 2 is 2.00 bits per heavy atom. The van der Waals surface area contributed by atoms with Crippen molar-refractivity contribution in [2.75, 3.05) is 7.11 Å². The minimum Gasteiger partial charge on any atom is -0.280 e. The van der Waals surface area contributed by atoms with Crippen LogP contribution in [-0.2, 0) is 4.84 Å². The lowest BCUT2D eigenvalue weighted by Crippen LogP contribution is -2.02. The summed E-state index contributed by atoms with van der Waals surface area (Å²) in [5.74, 6) is 0. The molecule has 0 saturated carbocycles. The quantitative estimate of drug-likeness (QED) is 0.580. The predicted molar refractivity (Wildman–Crippen MR) is 59.5 cm³/mol. The van der Waals surface area contributed by atoms with Crippen LogP contribution in [0.1, 0.15) is 11.1 Å². The minimum absolute atomic E-state index is 1.01. The summed E-state index contributed by atoms with van der Waals surface area (Å²) in [5, 5.41) is 0. The van der Waals surface area contributed by atoms with Crippen molar-refractivity contribution >= 4 is 5.57 Å². The molecule has 0 spiro atoms. The van der Waals surface area contributed by atoms with Crippen molar-refractivity contribution in [3.63, 3.8) is 0 Å². The largest absolute Gasteiger partial charge is 0.280 e. The van der Waals surface area contributed by atoms with Crippen LogP contribution in [0.15, 0.2) is 43.1 Å². The van der Waals surface area contributed by atoms with Crippen LogP contribution in [0.25, 0.3) is 5.57 Å². The molecule has 1 aromatic carbocycles. The second-order valence-electron chi connectivity index (χ2n) is 2.99. The maximum Gasteiger partial charge on any atom is 0.0636 e. The molecule has 1 aromatic rings. The molecule has 14 heavy (non-hydrogen) atoms. The summed E-state index contributed by atoms with van der Waals surface area (Å²) in [6.45, 7) is 5.81. The fraction of sp³-hybridized carbons (Fsp3) is 0.167. The van der Waals surface area contributed by atoms with E-state index in [1.807, 2.05) is 0 Å². The van der Waals surface area contributed by atoms with Crippen molar-refractivity contribution < 1.29 is 4.84 Å². The molecule has 0 radical (unpaired) electrons. The van der Waals surface area contributed by atoms with Gasteiger partial charge in [-0.25, -0.2) is 0 Å². The number of allylic oxidation sites excluding steroid dienone is 2. The summed E-state index contributed by atoms with van der Waals surface area (Å²) in [5.41, 5.74) is 6.05. The van der Waals surface area contributed by atoms with Crippen LogP contribution in [0.2, 0.25) is 0 Å². The van der Waals surface area contributed by atoms with Gasteiger partial charge in [-0.2, -0.15) is 0 Å². The molecule has 0 heterocycles. The van der Waals surface area contributed by atoms with E-state index >= 15 is 0 Å². The van der Waals surface area contributed by atoms with Gasteiger partial charge in [0.05, 0.1) is 7.11 Å². The third kappa shape index (κ3) is 2.75. The Hall–Kier alpha value is -1.54. The first kappa shape index (κ1) is 10.5. The first-order valence-electron chi connectivity index (χ1n) is 4.46. The van der Waals surface area contributed by atoms with Crippen LogP contribution < -0.4 is 5.48 Å². The predicted octanol–water partition coefficient (Wildman–Crippen LogP) is 2.67. The van der Waals surface area contributed by atoms with Crippen molar-refractivity contribution in [3.05, 3.63) is 54.2 Å². The summed E-state index contributed by atoms with van der Waals surface area (Å²) in [7, 11) is 1.58. The highest BCUT2D eigenvalue weighted by Crippen LogP contribution is 2.14. The molecular weight excluding hydrogens is 174 g/mol. The molecule has 1 N–H and O–H groups in total. The lowest BCUT2D eigenvalue weighted by molar-refractivity contribution is 0.129. The summed E-state index contributed by atoms with van der Waals surface area (Å²) in [6, 6.07) is 8.25. The molecule has 0 amide bonds. The molecule has 0 unspecified atom stereocenters. The third-order valence-electron chi connectivity index (χ3n) is 1.94. The van der Waals surface area contributed by atoms with Crippen LogP contribution in [0.3, 0.4) is 0 Å². The number of hydrogen-bond donors (Lipinski definition) is 1. The van der Waals surface area contributed by atoms with Gasteiger partial charge in [-0.15, -0.1) is 0 Å². The average molecular weight is 189 g/mol. The molecule has 0 aromatic heterocycles. The highest BCUT2D eigenvalue weighted by atomic mass is 16.6. The Labute approximate surface area is 84.9 Å². The Morgan fingerprint density at radius 1 is 1.36 bits per heavy atom. The van der Waals surface area contributed by atoms with E-state index in [9.17, 15) is 0 Å². The third-order valence-corrected chi connectivity index (χ3v) is 1.94. The van der Waals surface area contributed by atoms with Crippen molar-refractivity contribution in [2.24, 2.45) is 0 Å². The highest BCUT2D eigenvalue weighted by Gasteiger charge is 1.95. The van der Waals surface area contributed by atoms with E-state index in [4.69, 9.17) is 4.84 Å². The first-order chi connectivity index (χ1) is 6.77. The summed E-state index contributed by atoms with van der Waals surface area (Å²) < 4.78 is 0. The fourth-order valence-electron chi connectivity index (χ4n) is 1.13. The van der Waals surface area contributed by atoms with Gasteiger partial charge in [-0.1, -0.05) is 42.5 Å². The van der Waals surface area contributed by atoms with E-state index < -0.39 is 0 Å². The molecule has 2 nitrogen and oxygen atoms in total. The maximum atomic E-state index is 4.75. The van der Waals surface area contributed by atoms with Crippen molar-refractivity contribution in [1.29, 1.82) is 0 Å². The fourth-order valence-corrected chi connectivity index (χ4v) is 1.13.